The Hall–Kier alpha value is 1.68. The van der Waals surface area contributed by atoms with E-state index < -0.39 is 0 Å². The predicted octanol–water partition coefficient (Wildman–Crippen LogP) is 0.394. The zero-order valence-corrected chi connectivity index (χ0v) is 9.19. The van der Waals surface area contributed by atoms with Gasteiger partial charge in [0.05, 0.1) is 0 Å². The molecule has 0 radical (unpaired) electrons. The van der Waals surface area contributed by atoms with Crippen molar-refractivity contribution in [3.63, 3.8) is 0 Å². The summed E-state index contributed by atoms with van der Waals surface area (Å²) in [6, 6.07) is 0. The van der Waals surface area contributed by atoms with Crippen LogP contribution in [-0.2, 0) is 0 Å². The summed E-state index contributed by atoms with van der Waals surface area (Å²) in [4.78, 5) is 0. The summed E-state index contributed by atoms with van der Waals surface area (Å²) in [5.41, 5.74) is 0. The first-order valence-electron chi connectivity index (χ1n) is 0. The van der Waals surface area contributed by atoms with E-state index in [2.05, 4.69) is 0 Å². The van der Waals surface area contributed by atoms with Crippen LogP contribution in [0.3, 0.4) is 0 Å². The minimum absolute atomic E-state index is 0. The summed E-state index contributed by atoms with van der Waals surface area (Å²) < 4.78 is 0. The summed E-state index contributed by atoms with van der Waals surface area (Å²) in [6.45, 7) is 0. The van der Waals surface area contributed by atoms with Gasteiger partial charge in [0.25, 0.3) is 0 Å². The van der Waals surface area contributed by atoms with Gasteiger partial charge < -0.3 is 6.15 Å². The van der Waals surface area contributed by atoms with E-state index in [1.165, 1.54) is 0 Å². The molecule has 0 aromatic carbocycles. The summed E-state index contributed by atoms with van der Waals surface area (Å²) in [5, 5.41) is 0. The van der Waals surface area contributed by atoms with Crippen molar-refractivity contribution in [3.8, 4) is 0 Å². The molecule has 3 N–H and O–H groups in total. The van der Waals surface area contributed by atoms with Gasteiger partial charge in [-0.1, -0.05) is 0 Å². The van der Waals surface area contributed by atoms with Gasteiger partial charge in [0.2, 0.25) is 0 Å². The van der Waals surface area contributed by atoms with Gasteiger partial charge in [-0.25, -0.2) is 0 Å². The van der Waals surface area contributed by atoms with Crippen LogP contribution < -0.4 is 6.15 Å². The van der Waals surface area contributed by atoms with E-state index in [4.69, 9.17) is 0 Å². The smallest absolute Gasteiger partial charge is 0.153 e. The molecule has 0 spiro atoms. The van der Waals surface area contributed by atoms with Crippen LogP contribution in [0.2, 0.25) is 0 Å². The largest absolute Gasteiger partial charge is 0.344 e. The monoisotopic (exact) mass is 153 g/mol. The van der Waals surface area contributed by atoms with E-state index in [0.717, 1.165) is 0 Å². The third-order valence-electron chi connectivity index (χ3n) is 0. The van der Waals surface area contributed by atoms with Gasteiger partial charge >= 0.3 is 0 Å². The highest BCUT2D eigenvalue weighted by atomic mass is 31.0. The molecular weight excluding hydrogens is 138 g/mol. The Kier molecular flexibility index (Phi) is 673. The maximum atomic E-state index is 0. The number of hydrogen-bond donors (Lipinski definition) is 1. The van der Waals surface area contributed by atoms with Crippen molar-refractivity contribution in [2.45, 2.75) is 0 Å². The van der Waals surface area contributed by atoms with Crippen molar-refractivity contribution in [1.82, 2.24) is 6.15 Å². The molecular formula is H15NP4. The van der Waals surface area contributed by atoms with Gasteiger partial charge in [-0.2, -0.15) is 39.6 Å². The molecule has 4 atom stereocenters. The predicted molar refractivity (Wildman–Crippen MR) is 49.4 cm³/mol. The molecule has 5 heavy (non-hydrogen) atoms. The van der Waals surface area contributed by atoms with E-state index >= 15 is 0 Å². The molecule has 0 aliphatic heterocycles. The highest BCUT2D eigenvalue weighted by Crippen LogP contribution is 0.864. The quantitative estimate of drug-likeness (QED) is 0.502. The molecule has 40 valence electrons. The summed E-state index contributed by atoms with van der Waals surface area (Å²) in [5.74, 6) is 0. The van der Waals surface area contributed by atoms with Gasteiger partial charge in [-0.15, -0.1) is 0 Å². The maximum absolute atomic E-state index is 0. The SMILES string of the molecule is N.P.P.P.P. The van der Waals surface area contributed by atoms with Crippen molar-refractivity contribution in [2.75, 3.05) is 0 Å². The Morgan fingerprint density at radius 2 is 0.400 bits per heavy atom. The van der Waals surface area contributed by atoms with Crippen LogP contribution >= 0.6 is 39.6 Å². The molecule has 0 saturated heterocycles. The van der Waals surface area contributed by atoms with Crippen LogP contribution in [0, 0.1) is 0 Å². The first-order chi connectivity index (χ1) is 0. The van der Waals surface area contributed by atoms with E-state index in [1.54, 1.807) is 0 Å². The zero-order valence-electron chi connectivity index (χ0n) is 3.54. The Bertz CT molecular complexity index is 3.61. The lowest BCUT2D eigenvalue weighted by molar-refractivity contribution is 2.13. The average molecular weight is 153 g/mol. The van der Waals surface area contributed by atoms with Crippen molar-refractivity contribution in [3.05, 3.63) is 0 Å². The van der Waals surface area contributed by atoms with Gasteiger partial charge in [0, 0.05) is 0 Å². The van der Waals surface area contributed by atoms with Crippen molar-refractivity contribution < 1.29 is 0 Å². The molecule has 4 unspecified atom stereocenters. The third kappa shape index (κ3) is 27.3. The molecule has 0 bridgehead atoms. The molecule has 0 rings (SSSR count). The first-order valence-corrected chi connectivity index (χ1v) is 0. The fraction of sp³-hybridized carbons (Fsp3) is 0. The molecule has 0 saturated carbocycles. The Morgan fingerprint density at radius 3 is 0.400 bits per heavy atom. The van der Waals surface area contributed by atoms with Gasteiger partial charge in [0.1, 0.15) is 0 Å². The number of rotatable bonds is 0. The van der Waals surface area contributed by atoms with E-state index in [0.29, 0.717) is 0 Å². The minimum atomic E-state index is 0. The van der Waals surface area contributed by atoms with Crippen LogP contribution in [-0.4, -0.2) is 0 Å². The fourth-order valence-electron chi connectivity index (χ4n) is 0. The fourth-order valence-corrected chi connectivity index (χ4v) is 0. The van der Waals surface area contributed by atoms with Crippen LogP contribution in [0.1, 0.15) is 0 Å². The highest BCUT2D eigenvalue weighted by molar-refractivity contribution is 6.92. The van der Waals surface area contributed by atoms with Crippen molar-refractivity contribution in [2.24, 2.45) is 0 Å². The molecule has 0 fully saturated rings. The molecule has 0 heterocycles. The first kappa shape index (κ1) is 76.4. The lowest BCUT2D eigenvalue weighted by atomic mass is 14.0. The molecule has 0 aliphatic rings. The van der Waals surface area contributed by atoms with Crippen LogP contribution in [0.15, 0.2) is 0 Å². The second kappa shape index (κ2) is 44.1. The summed E-state index contributed by atoms with van der Waals surface area (Å²) >= 11 is 0. The topological polar surface area (TPSA) is 35.0 Å². The molecule has 5 heteroatoms. The van der Waals surface area contributed by atoms with E-state index in [1.807, 2.05) is 0 Å². The van der Waals surface area contributed by atoms with Gasteiger partial charge in [0.15, 0.2) is 0 Å². The van der Waals surface area contributed by atoms with Gasteiger partial charge in [-0.05, 0) is 0 Å². The summed E-state index contributed by atoms with van der Waals surface area (Å²) in [7, 11) is 0. The normalized spacial score (nSPS) is 0. The highest BCUT2D eigenvalue weighted by Gasteiger charge is -0.150. The van der Waals surface area contributed by atoms with Crippen LogP contribution in [0.4, 0.5) is 0 Å². The Labute approximate surface area is 46.5 Å². The van der Waals surface area contributed by atoms with Gasteiger partial charge in [-0.3, -0.25) is 0 Å². The molecule has 0 aromatic heterocycles. The van der Waals surface area contributed by atoms with Crippen LogP contribution in [0.5, 0.6) is 0 Å². The molecule has 1 nitrogen and oxygen atoms in total. The lowest BCUT2D eigenvalue weighted by Crippen LogP contribution is -0.481. The van der Waals surface area contributed by atoms with Crippen molar-refractivity contribution >= 4 is 39.6 Å². The van der Waals surface area contributed by atoms with E-state index in [9.17, 15) is 0 Å². The molecule has 0 aliphatic carbocycles. The zero-order chi connectivity index (χ0) is 0. The summed E-state index contributed by atoms with van der Waals surface area (Å²) in [6.07, 6.45) is 0. The Morgan fingerprint density at radius 1 is 0.400 bits per heavy atom. The second-order valence-electron chi connectivity index (χ2n) is 0. The lowest BCUT2D eigenvalue weighted by Gasteiger charge is -0.344. The standard InChI is InChI=1S/H3N.4H3P/h5*1H3. The maximum Gasteiger partial charge on any atom is -0.153 e. The minimum Gasteiger partial charge on any atom is -0.344 e. The second-order valence-corrected chi connectivity index (χ2v) is 0. The Balaban J connectivity index is 0. The van der Waals surface area contributed by atoms with E-state index in [-0.39, 0.29) is 45.7 Å². The van der Waals surface area contributed by atoms with Crippen molar-refractivity contribution in [1.29, 1.82) is 0 Å². The number of hydrogen-bond acceptors (Lipinski definition) is 1. The average Bonchev–Trinajstić information content (AvgIpc) is 0. The third-order valence-corrected chi connectivity index (χ3v) is 0. The van der Waals surface area contributed by atoms with Crippen LogP contribution in [0.25, 0.3) is 0 Å². The molecule has 0 amide bonds. The molecule has 0 aromatic rings.